The van der Waals surface area contributed by atoms with E-state index in [0.717, 1.165) is 19.3 Å². The van der Waals surface area contributed by atoms with Crippen LogP contribution < -0.4 is 0 Å². The van der Waals surface area contributed by atoms with Crippen LogP contribution in [0.25, 0.3) is 0 Å². The Labute approximate surface area is 118 Å². The van der Waals surface area contributed by atoms with Crippen molar-refractivity contribution in [2.24, 2.45) is 11.8 Å². The fourth-order valence-corrected chi connectivity index (χ4v) is 3.69. The van der Waals surface area contributed by atoms with Crippen molar-refractivity contribution < 1.29 is 24.2 Å². The number of carbonyl (C=O) groups is 2. The van der Waals surface area contributed by atoms with Gasteiger partial charge in [-0.1, -0.05) is 6.42 Å². The number of hydrogen-bond donors (Lipinski definition) is 1. The van der Waals surface area contributed by atoms with Crippen molar-refractivity contribution in [1.82, 2.24) is 4.90 Å². The highest BCUT2D eigenvalue weighted by molar-refractivity contribution is 5.85. The van der Waals surface area contributed by atoms with E-state index in [4.69, 9.17) is 9.47 Å². The summed E-state index contributed by atoms with van der Waals surface area (Å²) in [5, 5.41) is 9.22. The van der Waals surface area contributed by atoms with E-state index >= 15 is 0 Å². The largest absolute Gasteiger partial charge is 0.481 e. The molecule has 1 aliphatic carbocycles. The number of nitrogens with zero attached hydrogens (tertiary/aromatic N) is 1. The Morgan fingerprint density at radius 3 is 2.50 bits per heavy atom. The number of aliphatic carboxylic acids is 1. The van der Waals surface area contributed by atoms with Crippen LogP contribution >= 0.6 is 0 Å². The van der Waals surface area contributed by atoms with Gasteiger partial charge in [0.2, 0.25) is 5.91 Å². The van der Waals surface area contributed by atoms with E-state index in [1.165, 1.54) is 0 Å². The molecule has 1 spiro atoms. The molecule has 1 amide bonds. The topological polar surface area (TPSA) is 76.1 Å². The Kier molecular flexibility index (Phi) is 3.69. The predicted molar refractivity (Wildman–Crippen MR) is 68.9 cm³/mol. The molecule has 0 unspecified atom stereocenters. The molecule has 2 saturated heterocycles. The predicted octanol–water partition coefficient (Wildman–Crippen LogP) is 0.853. The highest BCUT2D eigenvalue weighted by atomic mass is 16.7. The number of carbonyl (C=O) groups excluding carboxylic acids is 1. The van der Waals surface area contributed by atoms with E-state index in [0.29, 0.717) is 39.1 Å². The third kappa shape index (κ3) is 2.42. The zero-order chi connectivity index (χ0) is 14.2. The summed E-state index contributed by atoms with van der Waals surface area (Å²) in [5.74, 6) is -2.41. The molecule has 0 radical (unpaired) electrons. The monoisotopic (exact) mass is 283 g/mol. The zero-order valence-corrected chi connectivity index (χ0v) is 11.5. The van der Waals surface area contributed by atoms with Crippen LogP contribution in [0.5, 0.6) is 0 Å². The molecule has 6 nitrogen and oxygen atoms in total. The molecule has 2 aliphatic heterocycles. The Morgan fingerprint density at radius 1 is 1.10 bits per heavy atom. The van der Waals surface area contributed by atoms with Gasteiger partial charge in [0.25, 0.3) is 0 Å². The van der Waals surface area contributed by atoms with Crippen molar-refractivity contribution in [3.63, 3.8) is 0 Å². The molecule has 2 heterocycles. The van der Waals surface area contributed by atoms with Gasteiger partial charge in [0.05, 0.1) is 31.6 Å². The quantitative estimate of drug-likeness (QED) is 0.813. The first-order valence-corrected chi connectivity index (χ1v) is 7.41. The minimum Gasteiger partial charge on any atom is -0.481 e. The second-order valence-electron chi connectivity index (χ2n) is 5.95. The van der Waals surface area contributed by atoms with Gasteiger partial charge in [-0.25, -0.2) is 0 Å². The average molecular weight is 283 g/mol. The van der Waals surface area contributed by atoms with Crippen LogP contribution in [0.1, 0.15) is 32.1 Å². The lowest BCUT2D eigenvalue weighted by Gasteiger charge is -2.39. The van der Waals surface area contributed by atoms with Crippen molar-refractivity contribution in [2.45, 2.75) is 37.9 Å². The molecule has 2 atom stereocenters. The second-order valence-corrected chi connectivity index (χ2v) is 5.95. The standard InChI is InChI=1S/C14H21NO5/c16-12(10-3-1-4-11(10)13(17)18)15-6-2-5-14(9-15)19-7-8-20-14/h10-11H,1-9H2,(H,17,18)/t10-,11+/m1/s1. The van der Waals surface area contributed by atoms with E-state index in [9.17, 15) is 14.7 Å². The molecule has 3 fully saturated rings. The first-order chi connectivity index (χ1) is 9.61. The molecule has 0 aromatic carbocycles. The van der Waals surface area contributed by atoms with Crippen LogP contribution in [0.15, 0.2) is 0 Å². The fourth-order valence-electron chi connectivity index (χ4n) is 3.69. The maximum Gasteiger partial charge on any atom is 0.307 e. The molecule has 3 rings (SSSR count). The van der Waals surface area contributed by atoms with Gasteiger partial charge in [-0.2, -0.15) is 0 Å². The van der Waals surface area contributed by atoms with Gasteiger partial charge in [-0.15, -0.1) is 0 Å². The summed E-state index contributed by atoms with van der Waals surface area (Å²) in [5.41, 5.74) is 0. The molecule has 1 saturated carbocycles. The lowest BCUT2D eigenvalue weighted by atomic mass is 9.93. The number of hydrogen-bond acceptors (Lipinski definition) is 4. The molecular formula is C14H21NO5. The average Bonchev–Trinajstić information content (AvgIpc) is 3.07. The maximum absolute atomic E-state index is 12.6. The first-order valence-electron chi connectivity index (χ1n) is 7.41. The molecule has 20 heavy (non-hydrogen) atoms. The number of ether oxygens (including phenoxy) is 2. The summed E-state index contributed by atoms with van der Waals surface area (Å²) >= 11 is 0. The summed E-state index contributed by atoms with van der Waals surface area (Å²) in [7, 11) is 0. The summed E-state index contributed by atoms with van der Waals surface area (Å²) < 4.78 is 11.3. The maximum atomic E-state index is 12.6. The van der Waals surface area contributed by atoms with E-state index in [1.807, 2.05) is 0 Å². The minimum absolute atomic E-state index is 0.0342. The second kappa shape index (κ2) is 5.33. The summed E-state index contributed by atoms with van der Waals surface area (Å²) in [4.78, 5) is 25.6. The van der Waals surface area contributed by atoms with Gasteiger partial charge in [-0.3, -0.25) is 9.59 Å². The lowest BCUT2D eigenvalue weighted by molar-refractivity contribution is -0.195. The highest BCUT2D eigenvalue weighted by Gasteiger charge is 2.45. The number of carboxylic acid groups (broad SMARTS) is 1. The summed E-state index contributed by atoms with van der Waals surface area (Å²) in [6.07, 6.45) is 3.76. The number of piperidine rings is 1. The van der Waals surface area contributed by atoms with E-state index in [1.54, 1.807) is 4.90 Å². The Balaban J connectivity index is 1.69. The van der Waals surface area contributed by atoms with E-state index in [-0.39, 0.29) is 11.8 Å². The van der Waals surface area contributed by atoms with Crippen molar-refractivity contribution in [3.05, 3.63) is 0 Å². The Hall–Kier alpha value is -1.14. The number of carboxylic acids is 1. The van der Waals surface area contributed by atoms with Crippen LogP contribution in [0.3, 0.4) is 0 Å². The minimum atomic E-state index is -0.846. The van der Waals surface area contributed by atoms with Crippen molar-refractivity contribution >= 4 is 11.9 Å². The molecule has 3 aliphatic rings. The van der Waals surface area contributed by atoms with Gasteiger partial charge < -0.3 is 19.5 Å². The zero-order valence-electron chi connectivity index (χ0n) is 11.5. The van der Waals surface area contributed by atoms with Crippen molar-refractivity contribution in [1.29, 1.82) is 0 Å². The fraction of sp³-hybridized carbons (Fsp3) is 0.857. The number of likely N-dealkylation sites (tertiary alicyclic amines) is 1. The molecule has 0 aromatic rings. The van der Waals surface area contributed by atoms with E-state index < -0.39 is 17.7 Å². The third-order valence-corrected chi connectivity index (χ3v) is 4.69. The van der Waals surface area contributed by atoms with E-state index in [2.05, 4.69) is 0 Å². The lowest BCUT2D eigenvalue weighted by Crippen LogP contribution is -2.53. The Bertz CT molecular complexity index is 404. The molecule has 112 valence electrons. The van der Waals surface area contributed by atoms with Gasteiger partial charge >= 0.3 is 5.97 Å². The summed E-state index contributed by atoms with van der Waals surface area (Å²) in [6, 6.07) is 0. The molecule has 6 heteroatoms. The number of rotatable bonds is 2. The molecule has 1 N–H and O–H groups in total. The highest BCUT2D eigenvalue weighted by Crippen LogP contribution is 2.36. The molecule has 0 bridgehead atoms. The van der Waals surface area contributed by atoms with Crippen LogP contribution in [-0.4, -0.2) is 54.0 Å². The molecular weight excluding hydrogens is 262 g/mol. The Morgan fingerprint density at radius 2 is 1.80 bits per heavy atom. The van der Waals surface area contributed by atoms with Gasteiger partial charge in [0.15, 0.2) is 5.79 Å². The smallest absolute Gasteiger partial charge is 0.307 e. The normalized spacial score (nSPS) is 32.7. The van der Waals surface area contributed by atoms with Gasteiger partial charge in [-0.05, 0) is 19.3 Å². The SMILES string of the molecule is O=C(O)[C@H]1CCC[C@H]1C(=O)N1CCCC2(C1)OCCO2. The molecule has 0 aromatic heterocycles. The van der Waals surface area contributed by atoms with Crippen molar-refractivity contribution in [3.8, 4) is 0 Å². The van der Waals surface area contributed by atoms with Crippen LogP contribution in [0.2, 0.25) is 0 Å². The number of amides is 1. The van der Waals surface area contributed by atoms with Gasteiger partial charge in [0.1, 0.15) is 0 Å². The van der Waals surface area contributed by atoms with Gasteiger partial charge in [0, 0.05) is 13.0 Å². The summed E-state index contributed by atoms with van der Waals surface area (Å²) in [6.45, 7) is 2.26. The van der Waals surface area contributed by atoms with Crippen LogP contribution in [-0.2, 0) is 19.1 Å². The third-order valence-electron chi connectivity index (χ3n) is 4.69. The van der Waals surface area contributed by atoms with Crippen molar-refractivity contribution in [2.75, 3.05) is 26.3 Å². The van der Waals surface area contributed by atoms with Crippen LogP contribution in [0.4, 0.5) is 0 Å². The van der Waals surface area contributed by atoms with Crippen LogP contribution in [0, 0.1) is 11.8 Å². The first kappa shape index (κ1) is 13.8.